The maximum atomic E-state index is 12.8. The molecule has 0 spiro atoms. The van der Waals surface area contributed by atoms with Crippen LogP contribution >= 0.6 is 0 Å². The van der Waals surface area contributed by atoms with Gasteiger partial charge in [0.2, 0.25) is 0 Å². The summed E-state index contributed by atoms with van der Waals surface area (Å²) in [4.78, 5) is 12.0. The lowest BCUT2D eigenvalue weighted by Gasteiger charge is -2.09. The van der Waals surface area contributed by atoms with Crippen LogP contribution in [0.5, 0.6) is 5.75 Å². The van der Waals surface area contributed by atoms with Crippen LogP contribution in [0.2, 0.25) is 0 Å². The predicted molar refractivity (Wildman–Crippen MR) is 79.4 cm³/mol. The Hall–Kier alpha value is -2.44. The molecule has 0 saturated carbocycles. The third-order valence-corrected chi connectivity index (χ3v) is 3.56. The summed E-state index contributed by atoms with van der Waals surface area (Å²) in [6, 6.07) is 7.18. The minimum Gasteiger partial charge on any atom is -0.496 e. The highest BCUT2D eigenvalue weighted by Gasteiger charge is 2.20. The monoisotopic (exact) mass is 324 g/mol. The van der Waals surface area contributed by atoms with Gasteiger partial charge in [-0.1, -0.05) is 18.2 Å². The lowest BCUT2D eigenvalue weighted by Crippen LogP contribution is -2.10. The number of nitrogens with zero attached hydrogens (tertiary/aromatic N) is 2. The number of methoxy groups -OCH3 is 1. The van der Waals surface area contributed by atoms with Crippen LogP contribution in [-0.4, -0.2) is 22.9 Å². The molecule has 1 aromatic carbocycles. The van der Waals surface area contributed by atoms with E-state index in [1.165, 1.54) is 14.0 Å². The number of halogens is 2. The number of benzene rings is 1. The van der Waals surface area contributed by atoms with Gasteiger partial charge in [0.25, 0.3) is 0 Å². The Morgan fingerprint density at radius 2 is 2.00 bits per heavy atom. The van der Waals surface area contributed by atoms with Crippen LogP contribution in [-0.2, 0) is 22.6 Å². The number of carbonyl (C=O) groups is 1. The molecular formula is C16H18F2N2O3. The van der Waals surface area contributed by atoms with E-state index >= 15 is 0 Å². The number of aryl methyl sites for hydroxylation is 1. The fourth-order valence-corrected chi connectivity index (χ4v) is 2.32. The summed E-state index contributed by atoms with van der Waals surface area (Å²) in [5.74, 6) is 0.120. The van der Waals surface area contributed by atoms with Crippen LogP contribution in [0.4, 0.5) is 8.78 Å². The molecular weight excluding hydrogens is 306 g/mol. The first-order chi connectivity index (χ1) is 10.9. The van der Waals surface area contributed by atoms with Gasteiger partial charge in [-0.05, 0) is 19.9 Å². The molecule has 0 bridgehead atoms. The average molecular weight is 324 g/mol. The van der Waals surface area contributed by atoms with Crippen molar-refractivity contribution in [2.45, 2.75) is 33.4 Å². The van der Waals surface area contributed by atoms with Crippen molar-refractivity contribution in [3.63, 3.8) is 0 Å². The molecule has 0 N–H and O–H groups in total. The third kappa shape index (κ3) is 3.85. The minimum absolute atomic E-state index is 0.0595. The van der Waals surface area contributed by atoms with Crippen LogP contribution in [0.15, 0.2) is 24.3 Å². The van der Waals surface area contributed by atoms with Gasteiger partial charge in [-0.15, -0.1) is 0 Å². The largest absolute Gasteiger partial charge is 0.496 e. The van der Waals surface area contributed by atoms with Gasteiger partial charge in [0, 0.05) is 16.8 Å². The average Bonchev–Trinajstić information content (AvgIpc) is 2.81. The molecule has 0 saturated heterocycles. The molecule has 2 aromatic rings. The minimum atomic E-state index is -2.73. The zero-order valence-electron chi connectivity index (χ0n) is 13.2. The van der Waals surface area contributed by atoms with Crippen molar-refractivity contribution in [1.29, 1.82) is 0 Å². The number of alkyl halides is 2. The molecule has 0 fully saturated rings. The second-order valence-electron chi connectivity index (χ2n) is 5.02. The molecule has 0 amide bonds. The number of para-hydroxylation sites is 1. The quantitative estimate of drug-likeness (QED) is 0.766. The summed E-state index contributed by atoms with van der Waals surface area (Å²) in [5.41, 5.74) is 1.87. The van der Waals surface area contributed by atoms with E-state index in [0.29, 0.717) is 21.7 Å². The number of rotatable bonds is 6. The van der Waals surface area contributed by atoms with Crippen molar-refractivity contribution in [1.82, 2.24) is 9.78 Å². The molecule has 1 aromatic heterocycles. The summed E-state index contributed by atoms with van der Waals surface area (Å²) >= 11 is 0. The number of carbonyl (C=O) groups excluding carboxylic acids is 1. The standard InChI is InChI=1S/C16H18F2N2O3/c1-10-13(11(2)20(19-10)16(17)18)8-15(21)23-9-12-6-4-5-7-14(12)22-3/h4-7,16H,8-9H2,1-3H3. The van der Waals surface area contributed by atoms with Gasteiger partial charge < -0.3 is 9.47 Å². The fraction of sp³-hybridized carbons (Fsp3) is 0.375. The first kappa shape index (κ1) is 16.9. The number of aromatic nitrogens is 2. The maximum absolute atomic E-state index is 12.8. The van der Waals surface area contributed by atoms with E-state index in [1.807, 2.05) is 12.1 Å². The fourth-order valence-electron chi connectivity index (χ4n) is 2.32. The Morgan fingerprint density at radius 1 is 1.30 bits per heavy atom. The molecule has 23 heavy (non-hydrogen) atoms. The topological polar surface area (TPSA) is 53.4 Å². The molecule has 0 radical (unpaired) electrons. The molecule has 7 heteroatoms. The summed E-state index contributed by atoms with van der Waals surface area (Å²) in [6.07, 6.45) is -0.0977. The van der Waals surface area contributed by atoms with Crippen molar-refractivity contribution in [2.24, 2.45) is 0 Å². The first-order valence-corrected chi connectivity index (χ1v) is 7.04. The summed E-state index contributed by atoms with van der Waals surface area (Å²) in [6.45, 7) is 0.431. The van der Waals surface area contributed by atoms with Gasteiger partial charge in [0.15, 0.2) is 0 Å². The molecule has 0 unspecified atom stereocenters. The molecule has 0 atom stereocenters. The van der Waals surface area contributed by atoms with Gasteiger partial charge in [-0.3, -0.25) is 4.79 Å². The van der Waals surface area contributed by atoms with E-state index in [0.717, 1.165) is 5.56 Å². The third-order valence-electron chi connectivity index (χ3n) is 3.56. The second-order valence-corrected chi connectivity index (χ2v) is 5.02. The van der Waals surface area contributed by atoms with E-state index in [-0.39, 0.29) is 18.7 Å². The molecule has 0 aliphatic rings. The Kier molecular flexibility index (Phi) is 5.31. The lowest BCUT2D eigenvalue weighted by atomic mass is 10.1. The zero-order chi connectivity index (χ0) is 17.0. The highest BCUT2D eigenvalue weighted by molar-refractivity contribution is 5.73. The van der Waals surface area contributed by atoms with Gasteiger partial charge in [0.1, 0.15) is 12.4 Å². The second kappa shape index (κ2) is 7.21. The van der Waals surface area contributed by atoms with Crippen LogP contribution in [0, 0.1) is 13.8 Å². The van der Waals surface area contributed by atoms with E-state index in [2.05, 4.69) is 5.10 Å². The lowest BCUT2D eigenvalue weighted by molar-refractivity contribution is -0.144. The molecule has 124 valence electrons. The van der Waals surface area contributed by atoms with Gasteiger partial charge in [-0.2, -0.15) is 13.9 Å². The van der Waals surface area contributed by atoms with Crippen molar-refractivity contribution in [3.8, 4) is 5.75 Å². The number of hydrogen-bond acceptors (Lipinski definition) is 4. The molecule has 2 rings (SSSR count). The van der Waals surface area contributed by atoms with E-state index in [9.17, 15) is 13.6 Å². The van der Waals surface area contributed by atoms with Crippen LogP contribution < -0.4 is 4.74 Å². The number of hydrogen-bond donors (Lipinski definition) is 0. The summed E-state index contributed by atoms with van der Waals surface area (Å²) in [7, 11) is 1.53. The van der Waals surface area contributed by atoms with Crippen molar-refractivity contribution in [3.05, 3.63) is 46.8 Å². The van der Waals surface area contributed by atoms with Gasteiger partial charge >= 0.3 is 12.5 Å². The van der Waals surface area contributed by atoms with E-state index in [1.54, 1.807) is 19.1 Å². The molecule has 0 aliphatic heterocycles. The van der Waals surface area contributed by atoms with Crippen molar-refractivity contribution in [2.75, 3.05) is 7.11 Å². The van der Waals surface area contributed by atoms with Crippen molar-refractivity contribution < 1.29 is 23.0 Å². The Labute approximate surface area is 132 Å². The maximum Gasteiger partial charge on any atom is 0.333 e. The Balaban J connectivity index is 2.03. The number of esters is 1. The molecule has 0 aliphatic carbocycles. The van der Waals surface area contributed by atoms with Crippen molar-refractivity contribution >= 4 is 5.97 Å². The SMILES string of the molecule is COc1ccccc1COC(=O)Cc1c(C)nn(C(F)F)c1C. The Morgan fingerprint density at radius 3 is 2.61 bits per heavy atom. The first-order valence-electron chi connectivity index (χ1n) is 7.04. The van der Waals surface area contributed by atoms with E-state index < -0.39 is 12.5 Å². The predicted octanol–water partition coefficient (Wildman–Crippen LogP) is 3.19. The van der Waals surface area contributed by atoms with Gasteiger partial charge in [0.05, 0.1) is 19.2 Å². The highest BCUT2D eigenvalue weighted by Crippen LogP contribution is 2.21. The van der Waals surface area contributed by atoms with Crippen LogP contribution in [0.25, 0.3) is 0 Å². The summed E-state index contributed by atoms with van der Waals surface area (Å²) in [5, 5.41) is 3.75. The molecule has 1 heterocycles. The van der Waals surface area contributed by atoms with Gasteiger partial charge in [-0.25, -0.2) is 4.68 Å². The normalized spacial score (nSPS) is 10.9. The smallest absolute Gasteiger partial charge is 0.333 e. The van der Waals surface area contributed by atoms with Crippen LogP contribution in [0.3, 0.4) is 0 Å². The zero-order valence-corrected chi connectivity index (χ0v) is 13.2. The highest BCUT2D eigenvalue weighted by atomic mass is 19.3. The Bertz CT molecular complexity index is 699. The molecule has 5 nitrogen and oxygen atoms in total. The van der Waals surface area contributed by atoms with Crippen LogP contribution in [0.1, 0.15) is 29.1 Å². The summed E-state index contributed by atoms with van der Waals surface area (Å²) < 4.78 is 36.6. The number of ether oxygens (including phenoxy) is 2. The van der Waals surface area contributed by atoms with E-state index in [4.69, 9.17) is 9.47 Å².